The fraction of sp³-hybridized carbons (Fsp3) is 0.478. The molecule has 1 aliphatic rings. The smallest absolute Gasteiger partial charge is 0.191 e. The largest absolute Gasteiger partial charge is 0.357 e. The van der Waals surface area contributed by atoms with Crippen molar-refractivity contribution in [2.45, 2.75) is 50.6 Å². The van der Waals surface area contributed by atoms with Gasteiger partial charge in [-0.15, -0.1) is 0 Å². The van der Waals surface area contributed by atoms with E-state index in [-0.39, 0.29) is 0 Å². The van der Waals surface area contributed by atoms with Crippen molar-refractivity contribution in [1.82, 2.24) is 15.6 Å². The molecule has 1 aromatic heterocycles. The summed E-state index contributed by atoms with van der Waals surface area (Å²) in [5.74, 6) is 1.74. The lowest BCUT2D eigenvalue weighted by atomic mass is 10.1. The Morgan fingerprint density at radius 1 is 1.03 bits per heavy atom. The maximum atomic E-state index is 11.8. The second-order valence-electron chi connectivity index (χ2n) is 8.07. The van der Waals surface area contributed by atoms with Gasteiger partial charge in [-0.25, -0.2) is 13.4 Å². The maximum Gasteiger partial charge on any atom is 0.191 e. The molecule has 0 atom stereocenters. The van der Waals surface area contributed by atoms with Crippen LogP contribution in [0, 0.1) is 6.92 Å². The summed E-state index contributed by atoms with van der Waals surface area (Å²) in [4.78, 5) is 11.6. The first kappa shape index (κ1) is 23.1. The summed E-state index contributed by atoms with van der Waals surface area (Å²) in [5, 5.41) is 6.64. The monoisotopic (exact) mass is 443 g/mol. The van der Waals surface area contributed by atoms with Gasteiger partial charge in [-0.3, -0.25) is 4.99 Å². The molecule has 2 heterocycles. The number of hydrogen-bond acceptors (Lipinski definition) is 5. The molecule has 0 saturated carbocycles. The van der Waals surface area contributed by atoms with E-state index in [4.69, 9.17) is 0 Å². The van der Waals surface area contributed by atoms with Gasteiger partial charge in [0.1, 0.15) is 5.82 Å². The average molecular weight is 444 g/mol. The fourth-order valence-electron chi connectivity index (χ4n) is 3.87. The molecule has 2 aromatic rings. The van der Waals surface area contributed by atoms with E-state index in [1.54, 1.807) is 13.1 Å². The van der Waals surface area contributed by atoms with Gasteiger partial charge < -0.3 is 15.5 Å². The maximum absolute atomic E-state index is 11.8. The van der Waals surface area contributed by atoms with Crippen molar-refractivity contribution in [3.63, 3.8) is 0 Å². The third-order valence-corrected chi connectivity index (χ3v) is 6.78. The first-order valence-electron chi connectivity index (χ1n) is 10.8. The topological polar surface area (TPSA) is 86.7 Å². The minimum Gasteiger partial charge on any atom is -0.357 e. The van der Waals surface area contributed by atoms with Crippen molar-refractivity contribution >= 4 is 21.6 Å². The summed E-state index contributed by atoms with van der Waals surface area (Å²) in [6.45, 7) is 5.17. The highest BCUT2D eigenvalue weighted by molar-refractivity contribution is 7.90. The molecule has 31 heavy (non-hydrogen) atoms. The predicted octanol–water partition coefficient (Wildman–Crippen LogP) is 3.04. The number of aromatic nitrogens is 1. The molecule has 1 aromatic carbocycles. The number of benzene rings is 1. The number of nitrogens with one attached hydrogen (secondary N) is 2. The molecule has 8 heteroatoms. The standard InChI is InChI=1S/C23H33N5O2S/c1-18-14-19(8-9-21(18)31(3,29)30)16-26-23(24-2)27-17-20-10-11-25-22(15-20)28-12-6-4-5-7-13-28/h8-11,14-15H,4-7,12-13,16-17H2,1-3H3,(H2,24,26,27). The van der Waals surface area contributed by atoms with E-state index in [0.717, 1.165) is 35.6 Å². The van der Waals surface area contributed by atoms with Gasteiger partial charge in [-0.1, -0.05) is 25.0 Å². The van der Waals surface area contributed by atoms with Crippen molar-refractivity contribution in [3.05, 3.63) is 53.2 Å². The molecule has 0 unspecified atom stereocenters. The molecular formula is C23H33N5O2S. The van der Waals surface area contributed by atoms with Crippen molar-refractivity contribution in [2.75, 3.05) is 31.3 Å². The lowest BCUT2D eigenvalue weighted by molar-refractivity contribution is 0.601. The van der Waals surface area contributed by atoms with Gasteiger partial charge in [0.05, 0.1) is 4.90 Å². The molecule has 0 spiro atoms. The van der Waals surface area contributed by atoms with E-state index in [1.165, 1.54) is 31.9 Å². The minimum absolute atomic E-state index is 0.372. The van der Waals surface area contributed by atoms with Gasteiger partial charge in [0.15, 0.2) is 15.8 Å². The molecule has 1 fully saturated rings. The number of sulfone groups is 1. The van der Waals surface area contributed by atoms with Gasteiger partial charge >= 0.3 is 0 Å². The van der Waals surface area contributed by atoms with E-state index >= 15 is 0 Å². The number of anilines is 1. The molecule has 1 saturated heterocycles. The fourth-order valence-corrected chi connectivity index (χ4v) is 4.83. The predicted molar refractivity (Wildman–Crippen MR) is 126 cm³/mol. The van der Waals surface area contributed by atoms with E-state index in [0.29, 0.717) is 23.9 Å². The van der Waals surface area contributed by atoms with Crippen LogP contribution in [0.2, 0.25) is 0 Å². The quantitative estimate of drug-likeness (QED) is 0.527. The normalized spacial score (nSPS) is 15.5. The SMILES string of the molecule is CN=C(NCc1ccnc(N2CCCCCC2)c1)NCc1ccc(S(C)(=O)=O)c(C)c1. The Labute approximate surface area is 185 Å². The number of rotatable bonds is 6. The zero-order valence-electron chi connectivity index (χ0n) is 18.7. The minimum atomic E-state index is -3.20. The summed E-state index contributed by atoms with van der Waals surface area (Å²) in [5.41, 5.74) is 2.91. The summed E-state index contributed by atoms with van der Waals surface area (Å²) >= 11 is 0. The van der Waals surface area contributed by atoms with Gasteiger partial charge in [0.2, 0.25) is 0 Å². The molecule has 0 aliphatic carbocycles. The van der Waals surface area contributed by atoms with Crippen LogP contribution in [0.4, 0.5) is 5.82 Å². The zero-order chi connectivity index (χ0) is 22.3. The summed E-state index contributed by atoms with van der Waals surface area (Å²) in [6, 6.07) is 9.57. The van der Waals surface area contributed by atoms with Crippen molar-refractivity contribution < 1.29 is 8.42 Å². The van der Waals surface area contributed by atoms with E-state index in [9.17, 15) is 8.42 Å². The van der Waals surface area contributed by atoms with Crippen LogP contribution in [0.3, 0.4) is 0 Å². The highest BCUT2D eigenvalue weighted by Gasteiger charge is 2.12. The zero-order valence-corrected chi connectivity index (χ0v) is 19.5. The lowest BCUT2D eigenvalue weighted by Crippen LogP contribution is -2.36. The molecule has 0 amide bonds. The first-order chi connectivity index (χ1) is 14.9. The van der Waals surface area contributed by atoms with Crippen molar-refractivity contribution in [2.24, 2.45) is 4.99 Å². The highest BCUT2D eigenvalue weighted by Crippen LogP contribution is 2.18. The number of aliphatic imine (C=N–C) groups is 1. The van der Waals surface area contributed by atoms with Gasteiger partial charge in [-0.05, 0) is 54.7 Å². The molecule has 1 aliphatic heterocycles. The molecule has 3 rings (SSSR count). The number of aryl methyl sites for hydroxylation is 1. The summed E-state index contributed by atoms with van der Waals surface area (Å²) in [6.07, 6.45) is 8.17. The molecular weight excluding hydrogens is 410 g/mol. The highest BCUT2D eigenvalue weighted by atomic mass is 32.2. The molecule has 0 radical (unpaired) electrons. The lowest BCUT2D eigenvalue weighted by Gasteiger charge is -2.22. The first-order valence-corrected chi connectivity index (χ1v) is 12.7. The summed E-state index contributed by atoms with van der Waals surface area (Å²) < 4.78 is 23.6. The second kappa shape index (κ2) is 10.6. The third kappa shape index (κ3) is 6.69. The number of hydrogen-bond donors (Lipinski definition) is 2. The Bertz CT molecular complexity index is 1010. The van der Waals surface area contributed by atoms with Crippen LogP contribution < -0.4 is 15.5 Å². The van der Waals surface area contributed by atoms with Gasteiger partial charge in [0.25, 0.3) is 0 Å². The van der Waals surface area contributed by atoms with Gasteiger partial charge in [-0.2, -0.15) is 0 Å². The van der Waals surface area contributed by atoms with E-state index < -0.39 is 9.84 Å². The average Bonchev–Trinajstić information content (AvgIpc) is 3.03. The van der Waals surface area contributed by atoms with E-state index in [1.807, 2.05) is 31.3 Å². The van der Waals surface area contributed by atoms with Crippen LogP contribution >= 0.6 is 0 Å². The Balaban J connectivity index is 1.56. The van der Waals surface area contributed by atoms with Crippen molar-refractivity contribution in [1.29, 1.82) is 0 Å². The number of pyridine rings is 1. The van der Waals surface area contributed by atoms with Crippen molar-refractivity contribution in [3.8, 4) is 0 Å². The molecule has 0 bridgehead atoms. The van der Waals surface area contributed by atoms with Crippen LogP contribution in [0.15, 0.2) is 46.4 Å². The van der Waals surface area contributed by atoms with E-state index in [2.05, 4.69) is 31.6 Å². The Morgan fingerprint density at radius 3 is 2.26 bits per heavy atom. The molecule has 7 nitrogen and oxygen atoms in total. The van der Waals surface area contributed by atoms with Crippen LogP contribution in [-0.2, 0) is 22.9 Å². The van der Waals surface area contributed by atoms with Crippen LogP contribution in [0.25, 0.3) is 0 Å². The third-order valence-electron chi connectivity index (χ3n) is 5.52. The Hall–Kier alpha value is -2.61. The Kier molecular flexibility index (Phi) is 7.90. The molecule has 168 valence electrons. The van der Waals surface area contributed by atoms with Crippen LogP contribution in [-0.4, -0.2) is 45.8 Å². The Morgan fingerprint density at radius 2 is 1.68 bits per heavy atom. The number of nitrogens with zero attached hydrogens (tertiary/aromatic N) is 3. The van der Waals surface area contributed by atoms with Crippen LogP contribution in [0.5, 0.6) is 0 Å². The molecule has 2 N–H and O–H groups in total. The second-order valence-corrected chi connectivity index (χ2v) is 10.1. The summed E-state index contributed by atoms with van der Waals surface area (Å²) in [7, 11) is -1.47. The number of guanidine groups is 1. The van der Waals surface area contributed by atoms with Crippen LogP contribution in [0.1, 0.15) is 42.4 Å². The van der Waals surface area contributed by atoms with Gasteiger partial charge in [0, 0.05) is 45.7 Å².